The van der Waals surface area contributed by atoms with Gasteiger partial charge in [-0.1, -0.05) is 19.9 Å². The fourth-order valence-corrected chi connectivity index (χ4v) is 2.52. The van der Waals surface area contributed by atoms with Crippen molar-refractivity contribution in [1.29, 1.82) is 0 Å². The maximum atomic E-state index is 6.50. The summed E-state index contributed by atoms with van der Waals surface area (Å²) in [5.41, 5.74) is 1.10. The van der Waals surface area contributed by atoms with Gasteiger partial charge in [-0.3, -0.25) is 0 Å². The van der Waals surface area contributed by atoms with Crippen LogP contribution in [0.4, 0.5) is 0 Å². The maximum absolute atomic E-state index is 6.50. The van der Waals surface area contributed by atoms with Crippen LogP contribution in [0.25, 0.3) is 0 Å². The van der Waals surface area contributed by atoms with Gasteiger partial charge in [-0.2, -0.15) is 0 Å². The van der Waals surface area contributed by atoms with Crippen molar-refractivity contribution in [3.63, 3.8) is 0 Å². The molecule has 106 valence electrons. The number of hydrogen-bond acceptors (Lipinski definition) is 3. The highest BCUT2D eigenvalue weighted by Crippen LogP contribution is 2.34. The van der Waals surface area contributed by atoms with E-state index in [1.54, 1.807) is 0 Å². The molecular weight excluding hydrogens is 262 g/mol. The number of halogens is 1. The van der Waals surface area contributed by atoms with Gasteiger partial charge in [-0.05, 0) is 30.8 Å². The molecule has 1 unspecified atom stereocenters. The van der Waals surface area contributed by atoms with Gasteiger partial charge in [0, 0.05) is 13.0 Å². The van der Waals surface area contributed by atoms with Gasteiger partial charge in [0.1, 0.15) is 0 Å². The number of likely N-dealkylation sites (N-methyl/N-ethyl adjacent to an activating group) is 1. The van der Waals surface area contributed by atoms with Gasteiger partial charge < -0.3 is 14.4 Å². The molecule has 0 saturated carbocycles. The van der Waals surface area contributed by atoms with Gasteiger partial charge in [-0.25, -0.2) is 0 Å². The summed E-state index contributed by atoms with van der Waals surface area (Å²) in [5.74, 6) is 1.65. The molecule has 1 heterocycles. The van der Waals surface area contributed by atoms with Crippen molar-refractivity contribution in [2.24, 2.45) is 0 Å². The number of alkyl halides is 1. The van der Waals surface area contributed by atoms with Gasteiger partial charge in [0.15, 0.2) is 11.5 Å². The molecule has 4 heteroatoms. The molecule has 1 aromatic rings. The molecule has 0 spiro atoms. The summed E-state index contributed by atoms with van der Waals surface area (Å²) < 4.78 is 11.3. The Morgan fingerprint density at radius 1 is 1.16 bits per heavy atom. The van der Waals surface area contributed by atoms with Gasteiger partial charge in [-0.15, -0.1) is 11.6 Å². The van der Waals surface area contributed by atoms with Crippen molar-refractivity contribution in [3.8, 4) is 11.5 Å². The fourth-order valence-electron chi connectivity index (χ4n) is 2.19. The summed E-state index contributed by atoms with van der Waals surface area (Å²) in [6.07, 6.45) is 0.924. The van der Waals surface area contributed by atoms with Crippen molar-refractivity contribution in [2.45, 2.75) is 25.6 Å². The van der Waals surface area contributed by atoms with Crippen molar-refractivity contribution in [1.82, 2.24) is 4.90 Å². The summed E-state index contributed by atoms with van der Waals surface area (Å²) in [6.45, 7) is 8.63. The first-order chi connectivity index (χ1) is 9.24. The highest BCUT2D eigenvalue weighted by atomic mass is 35.5. The molecule has 1 aliphatic heterocycles. The molecule has 0 radical (unpaired) electrons. The second-order valence-corrected chi connectivity index (χ2v) is 5.24. The molecule has 0 aromatic heterocycles. The van der Waals surface area contributed by atoms with Crippen molar-refractivity contribution in [2.75, 3.05) is 32.8 Å². The Morgan fingerprint density at radius 3 is 2.53 bits per heavy atom. The SMILES string of the molecule is CCN(CC)CC(Cl)c1ccc2c(c1)OCCCO2. The lowest BCUT2D eigenvalue weighted by molar-refractivity contribution is 0.296. The van der Waals surface area contributed by atoms with Crippen LogP contribution in [0.2, 0.25) is 0 Å². The van der Waals surface area contributed by atoms with E-state index in [0.29, 0.717) is 6.61 Å². The topological polar surface area (TPSA) is 21.7 Å². The highest BCUT2D eigenvalue weighted by Gasteiger charge is 2.16. The molecule has 0 aliphatic carbocycles. The quantitative estimate of drug-likeness (QED) is 0.773. The van der Waals surface area contributed by atoms with Crippen LogP contribution in [-0.4, -0.2) is 37.7 Å². The third kappa shape index (κ3) is 3.77. The van der Waals surface area contributed by atoms with Crippen LogP contribution in [-0.2, 0) is 0 Å². The van der Waals surface area contributed by atoms with Crippen LogP contribution in [0, 0.1) is 0 Å². The zero-order chi connectivity index (χ0) is 13.7. The third-order valence-electron chi connectivity index (χ3n) is 3.45. The van der Waals surface area contributed by atoms with Crippen LogP contribution in [0.15, 0.2) is 18.2 Å². The average molecular weight is 284 g/mol. The zero-order valence-corrected chi connectivity index (χ0v) is 12.4. The minimum atomic E-state index is -0.0166. The zero-order valence-electron chi connectivity index (χ0n) is 11.7. The monoisotopic (exact) mass is 283 g/mol. The lowest BCUT2D eigenvalue weighted by Gasteiger charge is -2.22. The van der Waals surface area contributed by atoms with Gasteiger partial charge in [0.2, 0.25) is 0 Å². The number of hydrogen-bond donors (Lipinski definition) is 0. The Kier molecular flexibility index (Phi) is 5.34. The van der Waals surface area contributed by atoms with E-state index < -0.39 is 0 Å². The molecule has 0 saturated heterocycles. The molecule has 19 heavy (non-hydrogen) atoms. The minimum Gasteiger partial charge on any atom is -0.490 e. The minimum absolute atomic E-state index is 0.0166. The predicted molar refractivity (Wildman–Crippen MR) is 78.4 cm³/mol. The number of ether oxygens (including phenoxy) is 2. The molecule has 0 N–H and O–H groups in total. The van der Waals surface area contributed by atoms with Crippen molar-refractivity contribution < 1.29 is 9.47 Å². The molecule has 1 aromatic carbocycles. The van der Waals surface area contributed by atoms with Crippen LogP contribution in [0.1, 0.15) is 31.2 Å². The molecule has 0 fully saturated rings. The number of fused-ring (bicyclic) bond motifs is 1. The first-order valence-electron chi connectivity index (χ1n) is 7.00. The largest absolute Gasteiger partial charge is 0.490 e. The van der Waals surface area contributed by atoms with E-state index in [0.717, 1.165) is 49.7 Å². The highest BCUT2D eigenvalue weighted by molar-refractivity contribution is 6.21. The van der Waals surface area contributed by atoms with Crippen molar-refractivity contribution in [3.05, 3.63) is 23.8 Å². The van der Waals surface area contributed by atoms with Crippen LogP contribution in [0.5, 0.6) is 11.5 Å². The first-order valence-corrected chi connectivity index (χ1v) is 7.44. The Hall–Kier alpha value is -0.930. The second-order valence-electron chi connectivity index (χ2n) is 4.71. The smallest absolute Gasteiger partial charge is 0.161 e. The molecule has 0 amide bonds. The Bertz CT molecular complexity index is 407. The van der Waals surface area contributed by atoms with Gasteiger partial charge in [0.25, 0.3) is 0 Å². The lowest BCUT2D eigenvalue weighted by Crippen LogP contribution is -2.26. The predicted octanol–water partition coefficient (Wildman–Crippen LogP) is 3.47. The van der Waals surface area contributed by atoms with Gasteiger partial charge in [0.05, 0.1) is 18.6 Å². The van der Waals surface area contributed by atoms with E-state index in [9.17, 15) is 0 Å². The van der Waals surface area contributed by atoms with E-state index in [-0.39, 0.29) is 5.38 Å². The summed E-state index contributed by atoms with van der Waals surface area (Å²) in [4.78, 5) is 2.32. The third-order valence-corrected chi connectivity index (χ3v) is 3.84. The molecule has 0 bridgehead atoms. The first kappa shape index (κ1) is 14.5. The van der Waals surface area contributed by atoms with Crippen LogP contribution < -0.4 is 9.47 Å². The molecule has 2 rings (SSSR count). The number of benzene rings is 1. The van der Waals surface area contributed by atoms with Crippen molar-refractivity contribution >= 4 is 11.6 Å². The van der Waals surface area contributed by atoms with Crippen LogP contribution >= 0.6 is 11.6 Å². The maximum Gasteiger partial charge on any atom is 0.161 e. The second kappa shape index (κ2) is 7.01. The lowest BCUT2D eigenvalue weighted by atomic mass is 10.1. The molecule has 1 atom stereocenters. The fraction of sp³-hybridized carbons (Fsp3) is 0.600. The molecule has 1 aliphatic rings. The van der Waals surface area contributed by atoms with E-state index >= 15 is 0 Å². The normalized spacial score (nSPS) is 16.2. The van der Waals surface area contributed by atoms with Gasteiger partial charge >= 0.3 is 0 Å². The summed E-state index contributed by atoms with van der Waals surface area (Å²) in [7, 11) is 0. The molecular formula is C15H22ClNO2. The summed E-state index contributed by atoms with van der Waals surface area (Å²) in [6, 6.07) is 6.02. The standard InChI is InChI=1S/C15H22ClNO2/c1-3-17(4-2)11-13(16)12-6-7-14-15(10-12)19-9-5-8-18-14/h6-7,10,13H,3-5,8-9,11H2,1-2H3. The Labute approximate surface area is 120 Å². The van der Waals surface area contributed by atoms with E-state index in [1.165, 1.54) is 0 Å². The van der Waals surface area contributed by atoms with E-state index in [1.807, 2.05) is 18.2 Å². The van der Waals surface area contributed by atoms with E-state index in [2.05, 4.69) is 18.7 Å². The number of nitrogens with zero attached hydrogens (tertiary/aromatic N) is 1. The number of rotatable bonds is 5. The Morgan fingerprint density at radius 2 is 1.84 bits per heavy atom. The molecule has 3 nitrogen and oxygen atoms in total. The average Bonchev–Trinajstić information content (AvgIpc) is 2.68. The van der Waals surface area contributed by atoms with Crippen LogP contribution in [0.3, 0.4) is 0 Å². The summed E-state index contributed by atoms with van der Waals surface area (Å²) >= 11 is 6.50. The summed E-state index contributed by atoms with van der Waals surface area (Å²) in [5, 5.41) is -0.0166. The Balaban J connectivity index is 2.10. The van der Waals surface area contributed by atoms with E-state index in [4.69, 9.17) is 21.1 Å².